The average molecular weight is 525 g/mol. The van der Waals surface area contributed by atoms with Crippen molar-refractivity contribution in [2.45, 2.75) is 115 Å². The fraction of sp³-hybridized carbons (Fsp3) is 0.758. The molecule has 1 saturated heterocycles. The Balaban J connectivity index is 1.57. The molecule has 2 aliphatic carbocycles. The number of hydrogen-bond donors (Lipinski definition) is 2. The number of rotatable bonds is 10. The van der Waals surface area contributed by atoms with Gasteiger partial charge >= 0.3 is 0 Å². The third-order valence-corrected chi connectivity index (χ3v) is 10.3. The Morgan fingerprint density at radius 2 is 1.79 bits per heavy atom. The Morgan fingerprint density at radius 3 is 2.42 bits per heavy atom. The van der Waals surface area contributed by atoms with Crippen LogP contribution in [-0.2, 0) is 15.0 Å². The van der Waals surface area contributed by atoms with Crippen LogP contribution < -0.4 is 5.32 Å². The van der Waals surface area contributed by atoms with Gasteiger partial charge in [-0.3, -0.25) is 9.59 Å². The van der Waals surface area contributed by atoms with Crippen LogP contribution in [-0.4, -0.2) is 47.1 Å². The molecule has 1 aromatic carbocycles. The number of nitrogens with one attached hydrogen (secondary N) is 1. The van der Waals surface area contributed by atoms with Crippen molar-refractivity contribution in [1.29, 1.82) is 0 Å². The summed E-state index contributed by atoms with van der Waals surface area (Å²) in [7, 11) is 0. The Kier molecular flexibility index (Phi) is 9.95. The van der Waals surface area contributed by atoms with Gasteiger partial charge < -0.3 is 15.3 Å². The molecule has 2 amide bonds. The van der Waals surface area contributed by atoms with Crippen LogP contribution in [0.1, 0.15) is 110 Å². The third kappa shape index (κ3) is 7.20. The number of aliphatic hydroxyl groups is 1. The van der Waals surface area contributed by atoms with Crippen LogP contribution in [0.3, 0.4) is 0 Å². The van der Waals surface area contributed by atoms with Gasteiger partial charge in [0.25, 0.3) is 0 Å². The summed E-state index contributed by atoms with van der Waals surface area (Å²) in [5.41, 5.74) is 0.810. The van der Waals surface area contributed by atoms with E-state index in [4.69, 9.17) is 0 Å². The van der Waals surface area contributed by atoms with E-state index in [1.807, 2.05) is 4.90 Å². The van der Waals surface area contributed by atoms with E-state index < -0.39 is 5.60 Å². The van der Waals surface area contributed by atoms with E-state index in [2.05, 4.69) is 56.4 Å². The molecule has 4 rings (SSSR count). The molecular formula is C33H52N2O3. The van der Waals surface area contributed by atoms with Crippen LogP contribution >= 0.6 is 0 Å². The van der Waals surface area contributed by atoms with Crippen molar-refractivity contribution in [1.82, 2.24) is 10.2 Å². The summed E-state index contributed by atoms with van der Waals surface area (Å²) in [6.07, 6.45) is 14.3. The molecular weight excluding hydrogens is 472 g/mol. The van der Waals surface area contributed by atoms with Crippen LogP contribution in [0, 0.1) is 23.7 Å². The van der Waals surface area contributed by atoms with Gasteiger partial charge in [0.15, 0.2) is 0 Å². The first-order valence-electron chi connectivity index (χ1n) is 15.6. The quantitative estimate of drug-likeness (QED) is 0.381. The summed E-state index contributed by atoms with van der Waals surface area (Å²) in [5, 5.41) is 13.1. The van der Waals surface area contributed by atoms with Gasteiger partial charge in [-0.1, -0.05) is 89.6 Å². The fourth-order valence-corrected chi connectivity index (χ4v) is 7.23. The Bertz CT molecular complexity index is 910. The first-order valence-corrected chi connectivity index (χ1v) is 15.6. The van der Waals surface area contributed by atoms with Crippen molar-refractivity contribution in [3.8, 4) is 0 Å². The van der Waals surface area contributed by atoms with Crippen molar-refractivity contribution in [2.75, 3.05) is 19.6 Å². The molecule has 212 valence electrons. The van der Waals surface area contributed by atoms with Crippen molar-refractivity contribution in [3.63, 3.8) is 0 Å². The topological polar surface area (TPSA) is 69.6 Å². The van der Waals surface area contributed by atoms with Gasteiger partial charge in [0.2, 0.25) is 11.8 Å². The number of carbonyl (C=O) groups excluding carboxylic acids is 2. The normalized spacial score (nSPS) is 29.2. The third-order valence-electron chi connectivity index (χ3n) is 10.3. The number of nitrogens with zero attached hydrogens (tertiary/aromatic N) is 1. The summed E-state index contributed by atoms with van der Waals surface area (Å²) in [4.78, 5) is 28.6. The van der Waals surface area contributed by atoms with Crippen molar-refractivity contribution < 1.29 is 14.7 Å². The zero-order valence-electron chi connectivity index (χ0n) is 24.2. The van der Waals surface area contributed by atoms with Gasteiger partial charge in [-0.15, -0.1) is 0 Å². The van der Waals surface area contributed by atoms with Crippen LogP contribution in [0.2, 0.25) is 0 Å². The maximum atomic E-state index is 13.9. The highest BCUT2D eigenvalue weighted by molar-refractivity contribution is 5.86. The highest BCUT2D eigenvalue weighted by Crippen LogP contribution is 2.45. The maximum absolute atomic E-state index is 13.9. The minimum atomic E-state index is -0.727. The summed E-state index contributed by atoms with van der Waals surface area (Å²) in [6.45, 7) is 7.84. The van der Waals surface area contributed by atoms with E-state index in [1.165, 1.54) is 44.1 Å². The minimum absolute atomic E-state index is 0.0618. The SMILES string of the molecule is CCCC(C)[C@]1(c2ccccc2)CCCC(CC2CCC2)C(C)C(=O)N(CC(=O)NCC2(O)CC2)CCC1. The molecule has 38 heavy (non-hydrogen) atoms. The molecule has 0 bridgehead atoms. The molecule has 3 fully saturated rings. The van der Waals surface area contributed by atoms with Crippen LogP contribution in [0.5, 0.6) is 0 Å². The first kappa shape index (κ1) is 29.1. The lowest BCUT2D eigenvalue weighted by atomic mass is 9.63. The molecule has 2 N–H and O–H groups in total. The zero-order valence-corrected chi connectivity index (χ0v) is 24.2. The highest BCUT2D eigenvalue weighted by Gasteiger charge is 2.41. The Hall–Kier alpha value is -1.88. The predicted molar refractivity (Wildman–Crippen MR) is 154 cm³/mol. The second-order valence-electron chi connectivity index (χ2n) is 13.0. The van der Waals surface area contributed by atoms with E-state index >= 15 is 0 Å². The lowest BCUT2D eigenvalue weighted by molar-refractivity contribution is -0.141. The van der Waals surface area contributed by atoms with Crippen molar-refractivity contribution in [2.24, 2.45) is 23.7 Å². The number of amides is 2. The fourth-order valence-electron chi connectivity index (χ4n) is 7.23. The largest absolute Gasteiger partial charge is 0.388 e. The molecule has 1 heterocycles. The van der Waals surface area contributed by atoms with Gasteiger partial charge in [0, 0.05) is 19.0 Å². The second kappa shape index (κ2) is 13.0. The van der Waals surface area contributed by atoms with Crippen molar-refractivity contribution in [3.05, 3.63) is 35.9 Å². The number of hydrogen-bond acceptors (Lipinski definition) is 3. The molecule has 1 aliphatic heterocycles. The lowest BCUT2D eigenvalue weighted by Gasteiger charge is -2.41. The minimum Gasteiger partial charge on any atom is -0.388 e. The monoisotopic (exact) mass is 524 g/mol. The standard InChI is InChI=1S/C33H52N2O3/c1-4-11-25(2)33(29-15-6-5-7-16-29)17-9-14-28(22-27-12-8-13-27)26(3)31(37)35(21-10-18-33)23-30(36)34-24-32(38)19-20-32/h5-7,15-16,25-28,38H,4,8-14,17-24H2,1-3H3,(H,34,36)/t25?,26?,28?,33-/m0/s1. The van der Waals surface area contributed by atoms with E-state index in [0.29, 0.717) is 24.9 Å². The molecule has 3 aliphatic rings. The summed E-state index contributed by atoms with van der Waals surface area (Å²) < 4.78 is 0. The smallest absolute Gasteiger partial charge is 0.239 e. The van der Waals surface area contributed by atoms with Gasteiger partial charge in [-0.2, -0.15) is 0 Å². The highest BCUT2D eigenvalue weighted by atomic mass is 16.3. The lowest BCUT2D eigenvalue weighted by Crippen LogP contribution is -2.46. The molecule has 3 unspecified atom stereocenters. The van der Waals surface area contributed by atoms with Gasteiger partial charge in [-0.25, -0.2) is 0 Å². The Labute approximate surface area is 231 Å². The van der Waals surface area contributed by atoms with Crippen LogP contribution in [0.25, 0.3) is 0 Å². The average Bonchev–Trinajstić information content (AvgIpc) is 3.63. The second-order valence-corrected chi connectivity index (χ2v) is 13.0. The summed E-state index contributed by atoms with van der Waals surface area (Å²) in [6, 6.07) is 11.1. The molecule has 1 aromatic rings. The van der Waals surface area contributed by atoms with E-state index in [0.717, 1.165) is 50.9 Å². The summed E-state index contributed by atoms with van der Waals surface area (Å²) in [5.74, 6) is 1.62. The molecule has 5 nitrogen and oxygen atoms in total. The van der Waals surface area contributed by atoms with Gasteiger partial charge in [0.1, 0.15) is 0 Å². The van der Waals surface area contributed by atoms with E-state index in [9.17, 15) is 14.7 Å². The maximum Gasteiger partial charge on any atom is 0.239 e. The molecule has 4 atom stereocenters. The number of carbonyl (C=O) groups is 2. The molecule has 0 spiro atoms. The van der Waals surface area contributed by atoms with E-state index in [-0.39, 0.29) is 29.7 Å². The molecule has 0 aromatic heterocycles. The molecule has 2 saturated carbocycles. The van der Waals surface area contributed by atoms with Crippen LogP contribution in [0.4, 0.5) is 0 Å². The Morgan fingerprint density at radius 1 is 1.08 bits per heavy atom. The zero-order chi connectivity index (χ0) is 27.2. The molecule has 0 radical (unpaired) electrons. The first-order chi connectivity index (χ1) is 18.3. The van der Waals surface area contributed by atoms with E-state index in [1.54, 1.807) is 0 Å². The van der Waals surface area contributed by atoms with Gasteiger partial charge in [-0.05, 0) is 73.7 Å². The van der Waals surface area contributed by atoms with Crippen LogP contribution in [0.15, 0.2) is 30.3 Å². The molecule has 5 heteroatoms. The van der Waals surface area contributed by atoms with Crippen molar-refractivity contribution >= 4 is 11.8 Å². The van der Waals surface area contributed by atoms with Gasteiger partial charge in [0.05, 0.1) is 12.1 Å². The summed E-state index contributed by atoms with van der Waals surface area (Å²) >= 11 is 0. The number of benzene rings is 1. The predicted octanol–water partition coefficient (Wildman–Crippen LogP) is 6.24.